The van der Waals surface area contributed by atoms with E-state index in [9.17, 15) is 4.79 Å². The Labute approximate surface area is 101 Å². The van der Waals surface area contributed by atoms with Crippen LogP contribution in [0.3, 0.4) is 0 Å². The molecule has 0 heterocycles. The second kappa shape index (κ2) is 5.41. The van der Waals surface area contributed by atoms with Gasteiger partial charge in [-0.15, -0.1) is 0 Å². The number of hydrogen-bond donors (Lipinski definition) is 1. The van der Waals surface area contributed by atoms with Crippen LogP contribution in [0.5, 0.6) is 0 Å². The van der Waals surface area contributed by atoms with Gasteiger partial charge in [0.15, 0.2) is 0 Å². The Morgan fingerprint density at radius 2 is 1.65 bits per heavy atom. The molecule has 0 amide bonds. The Balaban J connectivity index is 2.15. The van der Waals surface area contributed by atoms with E-state index < -0.39 is 0 Å². The molecule has 0 aliphatic rings. The highest BCUT2D eigenvalue weighted by Crippen LogP contribution is 2.12. The van der Waals surface area contributed by atoms with Crippen molar-refractivity contribution in [3.63, 3.8) is 0 Å². The molecule has 0 atom stereocenters. The van der Waals surface area contributed by atoms with Gasteiger partial charge in [-0.05, 0) is 23.1 Å². The highest BCUT2D eigenvalue weighted by atomic mass is 16.3. The minimum absolute atomic E-state index is 0.0674. The maximum Gasteiger partial charge on any atom is 0.150 e. The largest absolute Gasteiger partial charge is 0.392 e. The molecule has 2 rings (SSSR count). The van der Waals surface area contributed by atoms with E-state index in [-0.39, 0.29) is 6.61 Å². The van der Waals surface area contributed by atoms with Crippen LogP contribution in [0.25, 0.3) is 0 Å². The molecule has 0 unspecified atom stereocenters. The van der Waals surface area contributed by atoms with Gasteiger partial charge in [-0.1, -0.05) is 48.5 Å². The number of benzene rings is 2. The lowest BCUT2D eigenvalue weighted by Crippen LogP contribution is -1.91. The summed E-state index contributed by atoms with van der Waals surface area (Å²) in [5.41, 5.74) is 3.94. The summed E-state index contributed by atoms with van der Waals surface area (Å²) in [7, 11) is 0. The molecule has 0 aliphatic carbocycles. The van der Waals surface area contributed by atoms with Gasteiger partial charge in [-0.25, -0.2) is 0 Å². The van der Waals surface area contributed by atoms with Crippen molar-refractivity contribution in [3.8, 4) is 0 Å². The molecular formula is C15H14O2. The Morgan fingerprint density at radius 3 is 2.29 bits per heavy atom. The van der Waals surface area contributed by atoms with Crippen molar-refractivity contribution in [2.24, 2.45) is 0 Å². The Bertz CT molecular complexity index is 501. The molecule has 86 valence electrons. The lowest BCUT2D eigenvalue weighted by atomic mass is 10.0. The standard InChI is InChI=1S/C15H14O2/c16-10-13-6-4-12(5-7-13)8-14-2-1-3-15(9-14)11-17/h1-7,9-10,17H,8,11H2. The summed E-state index contributed by atoms with van der Waals surface area (Å²) >= 11 is 0. The third kappa shape index (κ3) is 3.02. The van der Waals surface area contributed by atoms with E-state index in [2.05, 4.69) is 0 Å². The molecule has 0 saturated carbocycles. The quantitative estimate of drug-likeness (QED) is 0.813. The number of aldehydes is 1. The van der Waals surface area contributed by atoms with Crippen LogP contribution in [0.2, 0.25) is 0 Å². The van der Waals surface area contributed by atoms with Gasteiger partial charge in [-0.2, -0.15) is 0 Å². The van der Waals surface area contributed by atoms with Crippen LogP contribution in [0, 0.1) is 0 Å². The van der Waals surface area contributed by atoms with Gasteiger partial charge in [0.2, 0.25) is 0 Å². The average Bonchev–Trinajstić information content (AvgIpc) is 2.40. The molecule has 17 heavy (non-hydrogen) atoms. The summed E-state index contributed by atoms with van der Waals surface area (Å²) in [6.07, 6.45) is 1.66. The van der Waals surface area contributed by atoms with E-state index in [1.54, 1.807) is 0 Å². The Kier molecular flexibility index (Phi) is 3.68. The molecular weight excluding hydrogens is 212 g/mol. The van der Waals surface area contributed by atoms with Gasteiger partial charge in [0.25, 0.3) is 0 Å². The van der Waals surface area contributed by atoms with Crippen molar-refractivity contribution in [1.29, 1.82) is 0 Å². The number of aliphatic hydroxyl groups excluding tert-OH is 1. The molecule has 2 aromatic carbocycles. The second-order valence-electron chi connectivity index (χ2n) is 4.01. The summed E-state index contributed by atoms with van der Waals surface area (Å²) in [5, 5.41) is 9.06. The van der Waals surface area contributed by atoms with Crippen LogP contribution < -0.4 is 0 Å². The molecule has 2 aromatic rings. The van der Waals surface area contributed by atoms with E-state index in [0.29, 0.717) is 5.56 Å². The summed E-state index contributed by atoms with van der Waals surface area (Å²) in [4.78, 5) is 10.5. The zero-order chi connectivity index (χ0) is 12.1. The van der Waals surface area contributed by atoms with Gasteiger partial charge in [0, 0.05) is 5.56 Å². The van der Waals surface area contributed by atoms with E-state index >= 15 is 0 Å². The summed E-state index contributed by atoms with van der Waals surface area (Å²) < 4.78 is 0. The first-order chi connectivity index (χ1) is 8.31. The molecule has 0 fully saturated rings. The summed E-state index contributed by atoms with van der Waals surface area (Å²) in [5.74, 6) is 0. The monoisotopic (exact) mass is 226 g/mol. The van der Waals surface area contributed by atoms with E-state index in [1.165, 1.54) is 0 Å². The van der Waals surface area contributed by atoms with Crippen molar-refractivity contribution < 1.29 is 9.90 Å². The SMILES string of the molecule is O=Cc1ccc(Cc2cccc(CO)c2)cc1. The Hall–Kier alpha value is -1.93. The van der Waals surface area contributed by atoms with Crippen molar-refractivity contribution in [2.75, 3.05) is 0 Å². The van der Waals surface area contributed by atoms with Gasteiger partial charge in [-0.3, -0.25) is 4.79 Å². The van der Waals surface area contributed by atoms with E-state index in [0.717, 1.165) is 29.4 Å². The van der Waals surface area contributed by atoms with E-state index in [4.69, 9.17) is 5.11 Å². The summed E-state index contributed by atoms with van der Waals surface area (Å²) in [6, 6.07) is 15.4. The number of carbonyl (C=O) groups excluding carboxylic acids is 1. The normalized spacial score (nSPS) is 10.2. The van der Waals surface area contributed by atoms with Crippen molar-refractivity contribution in [3.05, 3.63) is 70.8 Å². The molecule has 0 bridgehead atoms. The minimum Gasteiger partial charge on any atom is -0.392 e. The molecule has 0 saturated heterocycles. The first kappa shape index (κ1) is 11.6. The highest BCUT2D eigenvalue weighted by Gasteiger charge is 1.98. The number of rotatable bonds is 4. The lowest BCUT2D eigenvalue weighted by Gasteiger charge is -2.04. The minimum atomic E-state index is 0.0674. The number of carbonyl (C=O) groups is 1. The van der Waals surface area contributed by atoms with Crippen LogP contribution in [0.4, 0.5) is 0 Å². The molecule has 2 heteroatoms. The van der Waals surface area contributed by atoms with Gasteiger partial charge >= 0.3 is 0 Å². The van der Waals surface area contributed by atoms with Gasteiger partial charge in [0.05, 0.1) is 6.61 Å². The molecule has 1 N–H and O–H groups in total. The molecule has 2 nitrogen and oxygen atoms in total. The number of hydrogen-bond acceptors (Lipinski definition) is 2. The first-order valence-electron chi connectivity index (χ1n) is 5.54. The maximum absolute atomic E-state index is 10.5. The fourth-order valence-corrected chi connectivity index (χ4v) is 1.79. The second-order valence-corrected chi connectivity index (χ2v) is 4.01. The lowest BCUT2D eigenvalue weighted by molar-refractivity contribution is 0.112. The van der Waals surface area contributed by atoms with Crippen LogP contribution in [-0.2, 0) is 13.0 Å². The van der Waals surface area contributed by atoms with Crippen LogP contribution in [0.15, 0.2) is 48.5 Å². The molecule has 0 aliphatic heterocycles. The first-order valence-corrected chi connectivity index (χ1v) is 5.54. The molecule has 0 spiro atoms. The van der Waals surface area contributed by atoms with Crippen molar-refractivity contribution in [2.45, 2.75) is 13.0 Å². The van der Waals surface area contributed by atoms with E-state index in [1.807, 2.05) is 48.5 Å². The number of aliphatic hydroxyl groups is 1. The fraction of sp³-hybridized carbons (Fsp3) is 0.133. The van der Waals surface area contributed by atoms with Crippen LogP contribution >= 0.6 is 0 Å². The highest BCUT2D eigenvalue weighted by molar-refractivity contribution is 5.74. The average molecular weight is 226 g/mol. The predicted octanol–water partition coefficient (Wildman–Crippen LogP) is 2.58. The third-order valence-corrected chi connectivity index (χ3v) is 2.70. The zero-order valence-electron chi connectivity index (χ0n) is 9.47. The molecule has 0 aromatic heterocycles. The fourth-order valence-electron chi connectivity index (χ4n) is 1.79. The van der Waals surface area contributed by atoms with Gasteiger partial charge in [0.1, 0.15) is 6.29 Å². The summed E-state index contributed by atoms with van der Waals surface area (Å²) in [6.45, 7) is 0.0674. The topological polar surface area (TPSA) is 37.3 Å². The van der Waals surface area contributed by atoms with Gasteiger partial charge < -0.3 is 5.11 Å². The van der Waals surface area contributed by atoms with Crippen LogP contribution in [-0.4, -0.2) is 11.4 Å². The predicted molar refractivity (Wildman–Crippen MR) is 67.0 cm³/mol. The zero-order valence-corrected chi connectivity index (χ0v) is 9.47. The van der Waals surface area contributed by atoms with Crippen LogP contribution in [0.1, 0.15) is 27.0 Å². The maximum atomic E-state index is 10.5. The van der Waals surface area contributed by atoms with Crippen molar-refractivity contribution >= 4 is 6.29 Å². The third-order valence-electron chi connectivity index (χ3n) is 2.70. The Morgan fingerprint density at radius 1 is 0.941 bits per heavy atom. The van der Waals surface area contributed by atoms with Crippen molar-refractivity contribution in [1.82, 2.24) is 0 Å². The smallest absolute Gasteiger partial charge is 0.150 e. The molecule has 0 radical (unpaired) electrons.